The van der Waals surface area contributed by atoms with Crippen LogP contribution in [0.2, 0.25) is 5.02 Å². The Bertz CT molecular complexity index is 408. The van der Waals surface area contributed by atoms with E-state index in [9.17, 15) is 4.39 Å². The van der Waals surface area contributed by atoms with E-state index in [-0.39, 0.29) is 10.8 Å². The van der Waals surface area contributed by atoms with Crippen LogP contribution in [0.3, 0.4) is 0 Å². The van der Waals surface area contributed by atoms with Crippen molar-refractivity contribution in [3.63, 3.8) is 0 Å². The average Bonchev–Trinajstić information content (AvgIpc) is 2.42. The molecule has 3 heteroatoms. The second-order valence-electron chi connectivity index (χ2n) is 5.56. The summed E-state index contributed by atoms with van der Waals surface area (Å²) in [4.78, 5) is 0. The first-order valence-corrected chi connectivity index (χ1v) is 7.73. The minimum Gasteiger partial charge on any atom is -0.317 e. The lowest BCUT2D eigenvalue weighted by Crippen LogP contribution is -2.31. The monoisotopic (exact) mass is 283 g/mol. The van der Waals surface area contributed by atoms with Crippen molar-refractivity contribution in [1.82, 2.24) is 5.32 Å². The van der Waals surface area contributed by atoms with Gasteiger partial charge in [0.15, 0.2) is 0 Å². The normalized spacial score (nSPS) is 23.5. The summed E-state index contributed by atoms with van der Waals surface area (Å²) >= 11 is 5.74. The van der Waals surface area contributed by atoms with E-state index < -0.39 is 0 Å². The van der Waals surface area contributed by atoms with E-state index >= 15 is 0 Å². The van der Waals surface area contributed by atoms with Crippen molar-refractivity contribution in [3.8, 4) is 0 Å². The Labute approximate surface area is 120 Å². The molecule has 2 atom stereocenters. The number of halogens is 2. The van der Waals surface area contributed by atoms with Crippen LogP contribution in [-0.2, 0) is 6.42 Å². The molecule has 19 heavy (non-hydrogen) atoms. The molecule has 1 fully saturated rings. The second-order valence-corrected chi connectivity index (χ2v) is 5.97. The Kier molecular flexibility index (Phi) is 5.65. The fourth-order valence-electron chi connectivity index (χ4n) is 3.12. The Morgan fingerprint density at radius 2 is 2.00 bits per heavy atom. The molecule has 106 valence electrons. The molecule has 0 aliphatic heterocycles. The topological polar surface area (TPSA) is 12.0 Å². The summed E-state index contributed by atoms with van der Waals surface area (Å²) in [5.74, 6) is 1.11. The van der Waals surface area contributed by atoms with Crippen molar-refractivity contribution in [2.45, 2.75) is 39.0 Å². The molecular formula is C16H23ClFN. The average molecular weight is 284 g/mol. The molecule has 1 aliphatic rings. The fraction of sp³-hybridized carbons (Fsp3) is 0.625. The quantitative estimate of drug-likeness (QED) is 0.842. The Balaban J connectivity index is 1.99. The van der Waals surface area contributed by atoms with Gasteiger partial charge in [0.05, 0.1) is 5.02 Å². The van der Waals surface area contributed by atoms with E-state index in [1.807, 2.05) is 6.07 Å². The molecule has 0 heterocycles. The van der Waals surface area contributed by atoms with Crippen molar-refractivity contribution in [2.24, 2.45) is 11.8 Å². The van der Waals surface area contributed by atoms with E-state index in [0.717, 1.165) is 31.0 Å². The zero-order chi connectivity index (χ0) is 13.7. The summed E-state index contributed by atoms with van der Waals surface area (Å²) in [6.07, 6.45) is 6.18. The molecule has 1 saturated carbocycles. The van der Waals surface area contributed by atoms with Gasteiger partial charge in [-0.15, -0.1) is 0 Å². The van der Waals surface area contributed by atoms with Gasteiger partial charge in [-0.25, -0.2) is 4.39 Å². The lowest BCUT2D eigenvalue weighted by molar-refractivity contribution is 0.229. The highest BCUT2D eigenvalue weighted by Crippen LogP contribution is 2.32. The summed E-state index contributed by atoms with van der Waals surface area (Å²) in [5, 5.41) is 3.68. The highest BCUT2D eigenvalue weighted by atomic mass is 35.5. The van der Waals surface area contributed by atoms with E-state index in [1.165, 1.54) is 25.7 Å². The van der Waals surface area contributed by atoms with Gasteiger partial charge in [0.2, 0.25) is 0 Å². The molecule has 0 amide bonds. The summed E-state index contributed by atoms with van der Waals surface area (Å²) in [7, 11) is 0. The summed E-state index contributed by atoms with van der Waals surface area (Å²) in [6.45, 7) is 4.27. The van der Waals surface area contributed by atoms with Crippen molar-refractivity contribution in [2.75, 3.05) is 13.1 Å². The molecule has 1 N–H and O–H groups in total. The Morgan fingerprint density at radius 1 is 1.26 bits per heavy atom. The maximum atomic E-state index is 13.5. The van der Waals surface area contributed by atoms with Crippen molar-refractivity contribution in [1.29, 1.82) is 0 Å². The van der Waals surface area contributed by atoms with Crippen LogP contribution in [0.1, 0.15) is 38.2 Å². The highest BCUT2D eigenvalue weighted by Gasteiger charge is 2.24. The van der Waals surface area contributed by atoms with Crippen LogP contribution >= 0.6 is 11.6 Å². The van der Waals surface area contributed by atoms with Gasteiger partial charge in [-0.3, -0.25) is 0 Å². The lowest BCUT2D eigenvalue weighted by atomic mass is 9.76. The largest absolute Gasteiger partial charge is 0.317 e. The van der Waals surface area contributed by atoms with Gasteiger partial charge < -0.3 is 5.32 Å². The van der Waals surface area contributed by atoms with E-state index in [2.05, 4.69) is 12.2 Å². The van der Waals surface area contributed by atoms with Crippen LogP contribution in [0.5, 0.6) is 0 Å². The third kappa shape index (κ3) is 4.19. The standard InChI is InChI=1S/C16H23ClFN/c1-2-19-11-14-6-4-3-5-13(14)9-12-7-8-15(17)16(18)10-12/h7-8,10,13-14,19H,2-6,9,11H2,1H3. The molecule has 0 saturated heterocycles. The smallest absolute Gasteiger partial charge is 0.142 e. The molecule has 2 unspecified atom stereocenters. The molecular weight excluding hydrogens is 261 g/mol. The Morgan fingerprint density at radius 3 is 2.68 bits per heavy atom. The van der Waals surface area contributed by atoms with E-state index in [1.54, 1.807) is 12.1 Å². The molecule has 1 aromatic carbocycles. The zero-order valence-electron chi connectivity index (χ0n) is 11.6. The van der Waals surface area contributed by atoms with Crippen LogP contribution in [-0.4, -0.2) is 13.1 Å². The molecule has 0 aromatic heterocycles. The SMILES string of the molecule is CCNCC1CCCCC1Cc1ccc(Cl)c(F)c1. The van der Waals surface area contributed by atoms with Gasteiger partial charge >= 0.3 is 0 Å². The van der Waals surface area contributed by atoms with Gasteiger partial charge in [0.25, 0.3) is 0 Å². The molecule has 1 nitrogen and oxygen atoms in total. The molecule has 0 spiro atoms. The minimum absolute atomic E-state index is 0.219. The van der Waals surface area contributed by atoms with Gasteiger partial charge in [-0.05, 0) is 61.9 Å². The number of benzene rings is 1. The molecule has 1 aliphatic carbocycles. The molecule has 2 rings (SSSR count). The first-order valence-electron chi connectivity index (χ1n) is 7.35. The summed E-state index contributed by atoms with van der Waals surface area (Å²) in [6, 6.07) is 5.24. The Hall–Kier alpha value is -0.600. The molecule has 1 aromatic rings. The second kappa shape index (κ2) is 7.25. The molecule has 0 radical (unpaired) electrons. The first kappa shape index (κ1) is 14.8. The highest BCUT2D eigenvalue weighted by molar-refractivity contribution is 6.30. The summed E-state index contributed by atoms with van der Waals surface area (Å²) in [5.41, 5.74) is 1.08. The first-order chi connectivity index (χ1) is 9.20. The predicted molar refractivity (Wildman–Crippen MR) is 79.1 cm³/mol. The van der Waals surface area contributed by atoms with Crippen LogP contribution in [0.4, 0.5) is 4.39 Å². The van der Waals surface area contributed by atoms with Gasteiger partial charge in [0, 0.05) is 0 Å². The maximum absolute atomic E-state index is 13.5. The maximum Gasteiger partial charge on any atom is 0.142 e. The lowest BCUT2D eigenvalue weighted by Gasteiger charge is -2.32. The van der Waals surface area contributed by atoms with Crippen LogP contribution in [0.15, 0.2) is 18.2 Å². The van der Waals surface area contributed by atoms with Crippen molar-refractivity contribution >= 4 is 11.6 Å². The van der Waals surface area contributed by atoms with E-state index in [0.29, 0.717) is 5.92 Å². The minimum atomic E-state index is -0.293. The van der Waals surface area contributed by atoms with Crippen LogP contribution in [0.25, 0.3) is 0 Å². The number of nitrogens with one attached hydrogen (secondary N) is 1. The van der Waals surface area contributed by atoms with Crippen LogP contribution in [0, 0.1) is 17.7 Å². The van der Waals surface area contributed by atoms with Crippen LogP contribution < -0.4 is 5.32 Å². The third-order valence-electron chi connectivity index (χ3n) is 4.20. The molecule has 0 bridgehead atoms. The number of hydrogen-bond donors (Lipinski definition) is 1. The van der Waals surface area contributed by atoms with Gasteiger partial charge in [-0.2, -0.15) is 0 Å². The third-order valence-corrected chi connectivity index (χ3v) is 4.51. The number of hydrogen-bond acceptors (Lipinski definition) is 1. The van der Waals surface area contributed by atoms with Crippen molar-refractivity contribution in [3.05, 3.63) is 34.6 Å². The van der Waals surface area contributed by atoms with Gasteiger partial charge in [-0.1, -0.05) is 37.4 Å². The fourth-order valence-corrected chi connectivity index (χ4v) is 3.24. The zero-order valence-corrected chi connectivity index (χ0v) is 12.3. The number of rotatable bonds is 5. The van der Waals surface area contributed by atoms with Crippen molar-refractivity contribution < 1.29 is 4.39 Å². The summed E-state index contributed by atoms with van der Waals surface area (Å²) < 4.78 is 13.5. The van der Waals surface area contributed by atoms with Gasteiger partial charge in [0.1, 0.15) is 5.82 Å². The predicted octanol–water partition coefficient (Wildman–Crippen LogP) is 4.44. The van der Waals surface area contributed by atoms with E-state index in [4.69, 9.17) is 11.6 Å².